The molecule has 2 aliphatic heterocycles. The maximum absolute atomic E-state index is 13.9. The summed E-state index contributed by atoms with van der Waals surface area (Å²) < 4.78 is 26.9. The summed E-state index contributed by atoms with van der Waals surface area (Å²) in [5.41, 5.74) is 0.552. The highest BCUT2D eigenvalue weighted by Gasteiger charge is 2.35. The number of carbonyl (C=O) groups is 4. The van der Waals surface area contributed by atoms with E-state index in [1.165, 1.54) is 4.90 Å². The first-order valence-corrected chi connectivity index (χ1v) is 10.3. The van der Waals surface area contributed by atoms with E-state index >= 15 is 0 Å². The minimum atomic E-state index is -0.915. The summed E-state index contributed by atoms with van der Waals surface area (Å²) in [6, 6.07) is 9.44. The number of amides is 4. The summed E-state index contributed by atoms with van der Waals surface area (Å²) in [6.07, 6.45) is 0.498. The van der Waals surface area contributed by atoms with Crippen LogP contribution in [0.2, 0.25) is 0 Å². The van der Waals surface area contributed by atoms with Crippen molar-refractivity contribution in [3.05, 3.63) is 70.8 Å². The van der Waals surface area contributed by atoms with Gasteiger partial charge in [-0.05, 0) is 30.7 Å². The van der Waals surface area contributed by atoms with Crippen LogP contribution >= 0.6 is 0 Å². The Morgan fingerprint density at radius 2 is 1.44 bits per heavy atom. The van der Waals surface area contributed by atoms with Crippen LogP contribution in [0.15, 0.2) is 42.5 Å². The molecule has 32 heavy (non-hydrogen) atoms. The Labute approximate surface area is 183 Å². The third kappa shape index (κ3) is 4.10. The second kappa shape index (κ2) is 8.86. The summed E-state index contributed by atoms with van der Waals surface area (Å²) in [4.78, 5) is 53.9. The SMILES string of the molecule is O=C(CCCN1C(=O)c2ccccc2C1=O)N1CCN(C(=O)c2ccc(F)cc2F)CC1. The summed E-state index contributed by atoms with van der Waals surface area (Å²) in [5, 5.41) is 0. The number of hydrogen-bond acceptors (Lipinski definition) is 4. The fourth-order valence-electron chi connectivity index (χ4n) is 3.98. The number of hydrogen-bond donors (Lipinski definition) is 0. The van der Waals surface area contributed by atoms with Crippen molar-refractivity contribution in [1.82, 2.24) is 14.7 Å². The molecule has 0 aromatic heterocycles. The largest absolute Gasteiger partial charge is 0.339 e. The van der Waals surface area contributed by atoms with Crippen molar-refractivity contribution in [3.63, 3.8) is 0 Å². The standard InChI is InChI=1S/C23H21F2N3O4/c24-15-7-8-18(19(25)14-15)21(30)27-12-10-26(11-13-27)20(29)6-3-9-28-22(31)16-4-1-2-5-17(16)23(28)32/h1-2,4-5,7-8,14H,3,6,9-13H2. The maximum Gasteiger partial charge on any atom is 0.261 e. The zero-order valence-electron chi connectivity index (χ0n) is 17.2. The zero-order valence-corrected chi connectivity index (χ0v) is 17.2. The summed E-state index contributed by atoms with van der Waals surface area (Å²) in [7, 11) is 0. The van der Waals surface area contributed by atoms with Gasteiger partial charge in [0.05, 0.1) is 16.7 Å². The summed E-state index contributed by atoms with van der Waals surface area (Å²) >= 11 is 0. The Bertz CT molecular complexity index is 1060. The highest BCUT2D eigenvalue weighted by atomic mass is 19.1. The molecule has 2 aromatic carbocycles. The lowest BCUT2D eigenvalue weighted by molar-refractivity contribution is -0.132. The molecule has 2 aliphatic rings. The number of fused-ring (bicyclic) bond motifs is 1. The van der Waals surface area contributed by atoms with E-state index in [4.69, 9.17) is 0 Å². The molecule has 0 unspecified atom stereocenters. The van der Waals surface area contributed by atoms with E-state index in [0.717, 1.165) is 17.0 Å². The molecule has 9 heteroatoms. The van der Waals surface area contributed by atoms with Crippen LogP contribution in [0.3, 0.4) is 0 Å². The number of halogens is 2. The van der Waals surface area contributed by atoms with Crippen molar-refractivity contribution >= 4 is 23.6 Å². The predicted octanol–water partition coefficient (Wildman–Crippen LogP) is 2.33. The fraction of sp³-hybridized carbons (Fsp3) is 0.304. The van der Waals surface area contributed by atoms with Gasteiger partial charge in [0.1, 0.15) is 11.6 Å². The van der Waals surface area contributed by atoms with Gasteiger partial charge in [-0.2, -0.15) is 0 Å². The third-order valence-corrected chi connectivity index (χ3v) is 5.73. The monoisotopic (exact) mass is 441 g/mol. The molecule has 4 amide bonds. The van der Waals surface area contributed by atoms with Crippen molar-refractivity contribution < 1.29 is 28.0 Å². The Kier molecular flexibility index (Phi) is 5.98. The molecule has 0 saturated carbocycles. The first kappa shape index (κ1) is 21.6. The Morgan fingerprint density at radius 1 is 0.844 bits per heavy atom. The Morgan fingerprint density at radius 3 is 2.03 bits per heavy atom. The van der Waals surface area contributed by atoms with Crippen molar-refractivity contribution in [3.8, 4) is 0 Å². The minimum Gasteiger partial charge on any atom is -0.339 e. The lowest BCUT2D eigenvalue weighted by atomic mass is 10.1. The molecule has 1 fully saturated rings. The van der Waals surface area contributed by atoms with Crippen LogP contribution < -0.4 is 0 Å². The first-order chi connectivity index (χ1) is 15.4. The average Bonchev–Trinajstić information content (AvgIpc) is 3.04. The number of nitrogens with zero attached hydrogens (tertiary/aromatic N) is 3. The Hall–Kier alpha value is -3.62. The average molecular weight is 441 g/mol. The van der Waals surface area contributed by atoms with Crippen molar-refractivity contribution in [2.45, 2.75) is 12.8 Å². The topological polar surface area (TPSA) is 78.0 Å². The zero-order chi connectivity index (χ0) is 22.8. The molecule has 0 radical (unpaired) electrons. The predicted molar refractivity (Wildman–Crippen MR) is 110 cm³/mol. The van der Waals surface area contributed by atoms with Gasteiger partial charge in [-0.1, -0.05) is 12.1 Å². The number of benzene rings is 2. The van der Waals surface area contributed by atoms with Crippen LogP contribution in [-0.4, -0.2) is 71.1 Å². The first-order valence-electron chi connectivity index (χ1n) is 10.3. The maximum atomic E-state index is 13.9. The van der Waals surface area contributed by atoms with Crippen LogP contribution in [0.1, 0.15) is 43.9 Å². The molecule has 0 atom stereocenters. The molecular formula is C23H21F2N3O4. The lowest BCUT2D eigenvalue weighted by Crippen LogP contribution is -2.50. The molecule has 2 heterocycles. The molecule has 1 saturated heterocycles. The van der Waals surface area contributed by atoms with Gasteiger partial charge in [0.25, 0.3) is 17.7 Å². The molecule has 0 spiro atoms. The summed E-state index contributed by atoms with van der Waals surface area (Å²) in [6.45, 7) is 1.21. The van der Waals surface area contributed by atoms with Crippen LogP contribution in [0.25, 0.3) is 0 Å². The molecule has 2 aromatic rings. The quantitative estimate of drug-likeness (QED) is 0.668. The van der Waals surface area contributed by atoms with Gasteiger partial charge in [0, 0.05) is 45.2 Å². The van der Waals surface area contributed by atoms with Gasteiger partial charge in [0.2, 0.25) is 5.91 Å². The molecule has 0 bridgehead atoms. The lowest BCUT2D eigenvalue weighted by Gasteiger charge is -2.35. The highest BCUT2D eigenvalue weighted by Crippen LogP contribution is 2.23. The second-order valence-electron chi connectivity index (χ2n) is 7.71. The van der Waals surface area contributed by atoms with Gasteiger partial charge >= 0.3 is 0 Å². The number of rotatable bonds is 5. The molecule has 0 aliphatic carbocycles. The summed E-state index contributed by atoms with van der Waals surface area (Å²) in [5.74, 6) is -3.05. The molecule has 4 rings (SSSR count). The van der Waals surface area contributed by atoms with E-state index in [1.807, 2.05) is 0 Å². The highest BCUT2D eigenvalue weighted by molar-refractivity contribution is 6.21. The fourth-order valence-corrected chi connectivity index (χ4v) is 3.98. The number of piperazine rings is 1. The second-order valence-corrected chi connectivity index (χ2v) is 7.71. The molecule has 0 N–H and O–H groups in total. The van der Waals surface area contributed by atoms with Crippen LogP contribution in [-0.2, 0) is 4.79 Å². The molecular weight excluding hydrogens is 420 g/mol. The van der Waals surface area contributed by atoms with E-state index in [-0.39, 0.29) is 49.3 Å². The number of imide groups is 1. The van der Waals surface area contributed by atoms with E-state index in [0.29, 0.717) is 36.7 Å². The van der Waals surface area contributed by atoms with Crippen LogP contribution in [0.5, 0.6) is 0 Å². The van der Waals surface area contributed by atoms with Crippen LogP contribution in [0, 0.1) is 11.6 Å². The van der Waals surface area contributed by atoms with Crippen molar-refractivity contribution in [2.75, 3.05) is 32.7 Å². The van der Waals surface area contributed by atoms with Crippen molar-refractivity contribution in [2.24, 2.45) is 0 Å². The van der Waals surface area contributed by atoms with Gasteiger partial charge in [-0.25, -0.2) is 8.78 Å². The van der Waals surface area contributed by atoms with Gasteiger partial charge < -0.3 is 9.80 Å². The van der Waals surface area contributed by atoms with Crippen LogP contribution in [0.4, 0.5) is 8.78 Å². The normalized spacial score (nSPS) is 15.9. The Balaban J connectivity index is 1.25. The smallest absolute Gasteiger partial charge is 0.261 e. The molecule has 166 valence electrons. The third-order valence-electron chi connectivity index (χ3n) is 5.73. The van der Waals surface area contributed by atoms with Crippen molar-refractivity contribution in [1.29, 1.82) is 0 Å². The number of carbonyl (C=O) groups excluding carboxylic acids is 4. The van der Waals surface area contributed by atoms with E-state index in [2.05, 4.69) is 0 Å². The molecule has 7 nitrogen and oxygen atoms in total. The minimum absolute atomic E-state index is 0.137. The van der Waals surface area contributed by atoms with E-state index in [9.17, 15) is 28.0 Å². The van der Waals surface area contributed by atoms with E-state index in [1.54, 1.807) is 29.2 Å². The van der Waals surface area contributed by atoms with Gasteiger partial charge in [0.15, 0.2) is 0 Å². The van der Waals surface area contributed by atoms with E-state index < -0.39 is 17.5 Å². The van der Waals surface area contributed by atoms with Gasteiger partial charge in [-0.3, -0.25) is 24.1 Å². The van der Waals surface area contributed by atoms with Gasteiger partial charge in [-0.15, -0.1) is 0 Å².